The standard InChI is InChI=1S/C21H25N5O2/c1-23-14-20(27)26(21(23)28)18-7-5-17(6-8-18)25-13-15-9-11-24(16-3-2-4-16)12-10-19(15)22-25/h5-8,13-14,16,27H,2-4,9-12H2,1H3. The number of fused-ring (bicyclic) bond motifs is 1. The second-order valence-electron chi connectivity index (χ2n) is 7.90. The Morgan fingerprint density at radius 3 is 2.39 bits per heavy atom. The van der Waals surface area contributed by atoms with Crippen molar-refractivity contribution in [2.24, 2.45) is 7.05 Å². The highest BCUT2D eigenvalue weighted by atomic mass is 16.3. The Kier molecular flexibility index (Phi) is 4.12. The van der Waals surface area contributed by atoms with E-state index in [9.17, 15) is 9.90 Å². The Bertz CT molecular complexity index is 1030. The summed E-state index contributed by atoms with van der Waals surface area (Å²) >= 11 is 0. The van der Waals surface area contributed by atoms with Gasteiger partial charge in [0.2, 0.25) is 5.88 Å². The van der Waals surface area contributed by atoms with Gasteiger partial charge in [-0.15, -0.1) is 0 Å². The fraction of sp³-hybridized carbons (Fsp3) is 0.429. The number of aryl methyl sites for hydroxylation is 1. The number of hydrogen-bond acceptors (Lipinski definition) is 4. The summed E-state index contributed by atoms with van der Waals surface area (Å²) in [6.45, 7) is 2.22. The van der Waals surface area contributed by atoms with Crippen LogP contribution in [0.3, 0.4) is 0 Å². The van der Waals surface area contributed by atoms with Crippen molar-refractivity contribution in [1.82, 2.24) is 23.8 Å². The fourth-order valence-corrected chi connectivity index (χ4v) is 4.28. The molecule has 0 unspecified atom stereocenters. The van der Waals surface area contributed by atoms with E-state index in [4.69, 9.17) is 5.10 Å². The Hall–Kier alpha value is -2.80. The maximum absolute atomic E-state index is 12.2. The van der Waals surface area contributed by atoms with Crippen LogP contribution in [0.1, 0.15) is 30.5 Å². The lowest BCUT2D eigenvalue weighted by molar-refractivity contribution is 0.133. The third-order valence-corrected chi connectivity index (χ3v) is 6.18. The minimum atomic E-state index is -0.271. The van der Waals surface area contributed by atoms with Gasteiger partial charge in [0, 0.05) is 38.8 Å². The molecular formula is C21H25N5O2. The smallest absolute Gasteiger partial charge is 0.335 e. The largest absolute Gasteiger partial charge is 0.493 e. The topological polar surface area (TPSA) is 68.2 Å². The summed E-state index contributed by atoms with van der Waals surface area (Å²) in [6.07, 6.45) is 9.69. The number of imidazole rings is 1. The molecule has 3 aromatic rings. The fourth-order valence-electron chi connectivity index (χ4n) is 4.28. The number of nitrogens with zero attached hydrogens (tertiary/aromatic N) is 5. The summed E-state index contributed by atoms with van der Waals surface area (Å²) in [6, 6.07) is 8.33. The van der Waals surface area contributed by atoms with Gasteiger partial charge in [0.15, 0.2) is 0 Å². The Labute approximate surface area is 163 Å². The van der Waals surface area contributed by atoms with Crippen LogP contribution >= 0.6 is 0 Å². The van der Waals surface area contributed by atoms with E-state index in [1.165, 1.54) is 45.9 Å². The van der Waals surface area contributed by atoms with Crippen LogP contribution in [-0.2, 0) is 19.9 Å². The van der Waals surface area contributed by atoms with Gasteiger partial charge in [-0.25, -0.2) is 14.0 Å². The van der Waals surface area contributed by atoms with Crippen molar-refractivity contribution in [3.8, 4) is 17.3 Å². The minimum Gasteiger partial charge on any atom is -0.493 e. The molecule has 0 atom stereocenters. The zero-order chi connectivity index (χ0) is 19.3. The number of aromatic nitrogens is 4. The molecule has 1 aliphatic carbocycles. The van der Waals surface area contributed by atoms with Crippen LogP contribution in [0.25, 0.3) is 11.4 Å². The highest BCUT2D eigenvalue weighted by molar-refractivity contribution is 5.43. The van der Waals surface area contributed by atoms with Gasteiger partial charge in [-0.05, 0) is 49.1 Å². The van der Waals surface area contributed by atoms with Gasteiger partial charge in [-0.1, -0.05) is 6.42 Å². The third-order valence-electron chi connectivity index (χ3n) is 6.18. The first-order chi connectivity index (χ1) is 13.6. The highest BCUT2D eigenvalue weighted by Crippen LogP contribution is 2.27. The second kappa shape index (κ2) is 6.67. The second-order valence-corrected chi connectivity index (χ2v) is 7.90. The monoisotopic (exact) mass is 379 g/mol. The summed E-state index contributed by atoms with van der Waals surface area (Å²) in [4.78, 5) is 14.8. The summed E-state index contributed by atoms with van der Waals surface area (Å²) in [5, 5.41) is 14.8. The van der Waals surface area contributed by atoms with Crippen LogP contribution in [0.5, 0.6) is 5.88 Å². The van der Waals surface area contributed by atoms with Crippen LogP contribution in [0.4, 0.5) is 0 Å². The molecule has 1 N–H and O–H groups in total. The molecule has 1 aromatic carbocycles. The molecule has 0 spiro atoms. The Morgan fingerprint density at radius 2 is 1.75 bits per heavy atom. The van der Waals surface area contributed by atoms with E-state index in [1.807, 2.05) is 28.9 Å². The van der Waals surface area contributed by atoms with E-state index in [0.29, 0.717) is 5.69 Å². The van der Waals surface area contributed by atoms with Gasteiger partial charge in [0.05, 0.1) is 23.3 Å². The van der Waals surface area contributed by atoms with Crippen molar-refractivity contribution in [3.05, 3.63) is 58.4 Å². The lowest BCUT2D eigenvalue weighted by atomic mass is 9.91. The maximum Gasteiger partial charge on any atom is 0.335 e. The first kappa shape index (κ1) is 17.3. The van der Waals surface area contributed by atoms with Crippen molar-refractivity contribution in [3.63, 3.8) is 0 Å². The molecule has 5 rings (SSSR count). The summed E-state index contributed by atoms with van der Waals surface area (Å²) in [5.74, 6) is -0.0675. The molecule has 7 nitrogen and oxygen atoms in total. The first-order valence-corrected chi connectivity index (χ1v) is 10.00. The van der Waals surface area contributed by atoms with Crippen LogP contribution in [0.2, 0.25) is 0 Å². The van der Waals surface area contributed by atoms with E-state index in [2.05, 4.69) is 11.1 Å². The van der Waals surface area contributed by atoms with Crippen molar-refractivity contribution in [2.75, 3.05) is 13.1 Å². The molecule has 2 aliphatic rings. The van der Waals surface area contributed by atoms with E-state index in [0.717, 1.165) is 37.7 Å². The molecule has 7 heteroatoms. The molecule has 1 fully saturated rings. The van der Waals surface area contributed by atoms with E-state index in [1.54, 1.807) is 7.05 Å². The highest BCUT2D eigenvalue weighted by Gasteiger charge is 2.27. The molecule has 146 valence electrons. The van der Waals surface area contributed by atoms with Gasteiger partial charge >= 0.3 is 5.69 Å². The molecular weight excluding hydrogens is 354 g/mol. The number of benzene rings is 1. The van der Waals surface area contributed by atoms with Crippen molar-refractivity contribution in [1.29, 1.82) is 0 Å². The van der Waals surface area contributed by atoms with Gasteiger partial charge in [0.25, 0.3) is 0 Å². The molecule has 1 saturated carbocycles. The molecule has 0 amide bonds. The molecule has 28 heavy (non-hydrogen) atoms. The molecule has 3 heterocycles. The van der Waals surface area contributed by atoms with Crippen LogP contribution in [0, 0.1) is 0 Å². The molecule has 1 aliphatic heterocycles. The average molecular weight is 379 g/mol. The predicted molar refractivity (Wildman–Crippen MR) is 106 cm³/mol. The zero-order valence-electron chi connectivity index (χ0n) is 16.1. The van der Waals surface area contributed by atoms with Crippen molar-refractivity contribution < 1.29 is 5.11 Å². The van der Waals surface area contributed by atoms with Crippen LogP contribution in [0.15, 0.2) is 41.5 Å². The van der Waals surface area contributed by atoms with Crippen molar-refractivity contribution in [2.45, 2.75) is 38.1 Å². The number of aromatic hydroxyl groups is 1. The van der Waals surface area contributed by atoms with Crippen molar-refractivity contribution >= 4 is 0 Å². The van der Waals surface area contributed by atoms with E-state index in [-0.39, 0.29) is 11.6 Å². The normalized spacial score (nSPS) is 17.9. The van der Waals surface area contributed by atoms with E-state index >= 15 is 0 Å². The lowest BCUT2D eigenvalue weighted by Crippen LogP contribution is -2.41. The first-order valence-electron chi connectivity index (χ1n) is 10.00. The van der Waals surface area contributed by atoms with Gasteiger partial charge in [0.1, 0.15) is 0 Å². The molecule has 0 bridgehead atoms. The zero-order valence-corrected chi connectivity index (χ0v) is 16.1. The number of rotatable bonds is 3. The molecule has 0 radical (unpaired) electrons. The summed E-state index contributed by atoms with van der Waals surface area (Å²) in [5.41, 5.74) is 3.85. The van der Waals surface area contributed by atoms with Crippen LogP contribution in [-0.4, -0.2) is 48.1 Å². The third kappa shape index (κ3) is 2.86. The Balaban J connectivity index is 1.37. The predicted octanol–water partition coefficient (Wildman–Crippen LogP) is 2.02. The minimum absolute atomic E-state index is 0.0675. The lowest BCUT2D eigenvalue weighted by Gasteiger charge is -2.36. The number of hydrogen-bond donors (Lipinski definition) is 1. The quantitative estimate of drug-likeness (QED) is 0.756. The SMILES string of the molecule is Cn1cc(O)n(-c2ccc(-n3cc4c(n3)CCN(C3CCC3)CC4)cc2)c1=O. The summed E-state index contributed by atoms with van der Waals surface area (Å²) in [7, 11) is 1.62. The van der Waals surface area contributed by atoms with Gasteiger partial charge < -0.3 is 5.11 Å². The Morgan fingerprint density at radius 1 is 1.04 bits per heavy atom. The molecule has 0 saturated heterocycles. The summed E-state index contributed by atoms with van der Waals surface area (Å²) < 4.78 is 4.58. The van der Waals surface area contributed by atoms with Crippen LogP contribution < -0.4 is 5.69 Å². The average Bonchev–Trinajstić information content (AvgIpc) is 3.10. The van der Waals surface area contributed by atoms with Gasteiger partial charge in [-0.3, -0.25) is 9.47 Å². The molecule has 2 aromatic heterocycles. The van der Waals surface area contributed by atoms with E-state index < -0.39 is 0 Å². The van der Waals surface area contributed by atoms with Gasteiger partial charge in [-0.2, -0.15) is 5.10 Å². The maximum atomic E-state index is 12.2.